The van der Waals surface area contributed by atoms with Gasteiger partial charge in [-0.1, -0.05) is 57.2 Å². The van der Waals surface area contributed by atoms with E-state index in [0.29, 0.717) is 25.4 Å². The standard InChI is InChI=1S/C37H51NO10.ClH/c1-8-34(5)20-27(41)37(44)35(6)26(40)14-17-33(3,4)31(35)30(32(46-23(2)39)36(37,7)48-34)47-29(43)22-45-28(42)21-38-18-15-25(16-19-38)24-12-10-9-11-13-24;/h8-13,25-26,30-32,40,44H,1,14-22H2,2-7H3;1H/t26-,30-,31-,32-,34-,35-,36+,37-;/m0./s1. The van der Waals surface area contributed by atoms with Crippen LogP contribution in [0.5, 0.6) is 0 Å². The number of fused-ring (bicyclic) bond motifs is 3. The zero-order chi connectivity index (χ0) is 35.3. The van der Waals surface area contributed by atoms with E-state index in [1.165, 1.54) is 25.5 Å². The second-order valence-electron chi connectivity index (χ2n) is 15.4. The van der Waals surface area contributed by atoms with Crippen molar-refractivity contribution in [3.8, 4) is 0 Å². The van der Waals surface area contributed by atoms with Crippen LogP contribution >= 0.6 is 12.4 Å². The zero-order valence-corrected chi connectivity index (χ0v) is 30.3. The molecule has 1 aromatic carbocycles. The molecular formula is C37H52ClNO10. The number of hydrogen-bond donors (Lipinski definition) is 2. The molecule has 1 aromatic rings. The first-order valence-corrected chi connectivity index (χ1v) is 17.0. The molecule has 0 unspecified atom stereocenters. The quantitative estimate of drug-likeness (QED) is 0.230. The number of hydrogen-bond acceptors (Lipinski definition) is 11. The van der Waals surface area contributed by atoms with E-state index in [4.69, 9.17) is 18.9 Å². The molecule has 4 fully saturated rings. The molecule has 49 heavy (non-hydrogen) atoms. The summed E-state index contributed by atoms with van der Waals surface area (Å²) in [5.74, 6) is -3.25. The number of halogens is 1. The molecule has 8 atom stereocenters. The average molecular weight is 706 g/mol. The van der Waals surface area contributed by atoms with E-state index in [1.54, 1.807) is 13.8 Å². The Kier molecular flexibility index (Phi) is 11.2. The van der Waals surface area contributed by atoms with Crippen molar-refractivity contribution in [1.82, 2.24) is 4.90 Å². The van der Waals surface area contributed by atoms with Crippen LogP contribution in [0.2, 0.25) is 0 Å². The molecule has 12 heteroatoms. The van der Waals surface area contributed by atoms with Crippen LogP contribution in [0.1, 0.15) is 85.1 Å². The van der Waals surface area contributed by atoms with Gasteiger partial charge in [-0.3, -0.25) is 19.3 Å². The van der Waals surface area contributed by atoms with Crippen molar-refractivity contribution >= 4 is 36.1 Å². The van der Waals surface area contributed by atoms with Crippen molar-refractivity contribution in [3.05, 3.63) is 48.6 Å². The SMILES string of the molecule is C=C[C@@]1(C)CC(=O)[C@]2(O)[C@@]3(C)[C@@H](O)CCC(C)(C)[C@@H]3[C@H](OC(=O)COC(=O)CN3CCC(c4ccccc4)CC3)[C@H](OC(C)=O)[C@@]2(C)O1.Cl. The number of Topliss-reactive ketones (excluding diaryl/α,β-unsaturated/α-hetero) is 1. The van der Waals surface area contributed by atoms with Crippen LogP contribution in [0.4, 0.5) is 0 Å². The molecule has 5 rings (SSSR count). The normalized spacial score (nSPS) is 37.4. The molecule has 272 valence electrons. The van der Waals surface area contributed by atoms with Crippen molar-refractivity contribution in [2.75, 3.05) is 26.2 Å². The minimum Gasteiger partial charge on any atom is -0.455 e. The number of rotatable bonds is 8. The summed E-state index contributed by atoms with van der Waals surface area (Å²) >= 11 is 0. The maximum absolute atomic E-state index is 14.1. The summed E-state index contributed by atoms with van der Waals surface area (Å²) in [6.07, 6.45) is -0.170. The summed E-state index contributed by atoms with van der Waals surface area (Å²) in [6, 6.07) is 10.3. The van der Waals surface area contributed by atoms with Gasteiger partial charge in [0, 0.05) is 24.7 Å². The van der Waals surface area contributed by atoms with Gasteiger partial charge in [0.2, 0.25) is 0 Å². The van der Waals surface area contributed by atoms with Gasteiger partial charge in [0.25, 0.3) is 0 Å². The molecule has 2 saturated carbocycles. The van der Waals surface area contributed by atoms with Crippen molar-refractivity contribution < 1.29 is 48.3 Å². The van der Waals surface area contributed by atoms with Gasteiger partial charge in [0.15, 0.2) is 24.1 Å². The molecule has 4 aliphatic rings. The summed E-state index contributed by atoms with van der Waals surface area (Å²) in [6.45, 7) is 14.3. The Balaban J connectivity index is 0.00000541. The Morgan fingerprint density at radius 2 is 1.65 bits per heavy atom. The van der Waals surface area contributed by atoms with Crippen LogP contribution in [-0.4, -0.2) is 100 Å². The highest BCUT2D eigenvalue weighted by molar-refractivity contribution is 5.92. The number of benzene rings is 1. The number of likely N-dealkylation sites (tertiary alicyclic amines) is 1. The lowest BCUT2D eigenvalue weighted by Gasteiger charge is -2.71. The van der Waals surface area contributed by atoms with Crippen molar-refractivity contribution in [2.45, 2.75) is 115 Å². The smallest absolute Gasteiger partial charge is 0.344 e. The molecule has 2 N–H and O–H groups in total. The lowest BCUT2D eigenvalue weighted by molar-refractivity contribution is -0.371. The van der Waals surface area contributed by atoms with Crippen LogP contribution < -0.4 is 0 Å². The maximum atomic E-state index is 14.1. The van der Waals surface area contributed by atoms with Crippen LogP contribution in [0.15, 0.2) is 43.0 Å². The van der Waals surface area contributed by atoms with E-state index in [-0.39, 0.29) is 31.8 Å². The lowest BCUT2D eigenvalue weighted by Crippen LogP contribution is -2.87. The Bertz CT molecular complexity index is 1430. The third kappa shape index (κ3) is 6.69. The summed E-state index contributed by atoms with van der Waals surface area (Å²) in [4.78, 5) is 55.1. The Morgan fingerprint density at radius 1 is 1.02 bits per heavy atom. The maximum Gasteiger partial charge on any atom is 0.344 e. The summed E-state index contributed by atoms with van der Waals surface area (Å²) in [7, 11) is 0. The van der Waals surface area contributed by atoms with Crippen LogP contribution in [0.25, 0.3) is 0 Å². The summed E-state index contributed by atoms with van der Waals surface area (Å²) in [5, 5.41) is 24.3. The Morgan fingerprint density at radius 3 is 2.24 bits per heavy atom. The minimum atomic E-state index is -2.34. The number of esters is 3. The zero-order valence-electron chi connectivity index (χ0n) is 29.4. The molecule has 2 heterocycles. The second-order valence-corrected chi connectivity index (χ2v) is 15.4. The fraction of sp³-hybridized carbons (Fsp3) is 0.676. The van der Waals surface area contributed by atoms with Gasteiger partial charge < -0.3 is 29.2 Å². The fourth-order valence-corrected chi connectivity index (χ4v) is 9.45. The molecule has 11 nitrogen and oxygen atoms in total. The number of piperidine rings is 1. The topological polar surface area (TPSA) is 149 Å². The second kappa shape index (κ2) is 14.1. The molecule has 0 aromatic heterocycles. The third-order valence-corrected chi connectivity index (χ3v) is 11.8. The van der Waals surface area contributed by atoms with Crippen molar-refractivity contribution in [2.24, 2.45) is 16.7 Å². The summed E-state index contributed by atoms with van der Waals surface area (Å²) in [5.41, 5.74) is -6.58. The molecule has 2 saturated heterocycles. The van der Waals surface area contributed by atoms with Crippen molar-refractivity contribution in [3.63, 3.8) is 0 Å². The number of ketones is 1. The van der Waals surface area contributed by atoms with Gasteiger partial charge >= 0.3 is 17.9 Å². The van der Waals surface area contributed by atoms with E-state index < -0.39 is 82.2 Å². The predicted molar refractivity (Wildman–Crippen MR) is 182 cm³/mol. The van der Waals surface area contributed by atoms with Gasteiger partial charge in [0.1, 0.15) is 11.7 Å². The fourth-order valence-electron chi connectivity index (χ4n) is 9.45. The largest absolute Gasteiger partial charge is 0.455 e. The minimum absolute atomic E-state index is 0. The molecule has 0 radical (unpaired) electrons. The van der Waals surface area contributed by atoms with Crippen LogP contribution in [-0.2, 0) is 38.1 Å². The molecule has 0 spiro atoms. The van der Waals surface area contributed by atoms with E-state index >= 15 is 0 Å². The highest BCUT2D eigenvalue weighted by Crippen LogP contribution is 2.67. The predicted octanol–water partition coefficient (Wildman–Crippen LogP) is 3.92. The van der Waals surface area contributed by atoms with Gasteiger partial charge in [-0.05, 0) is 69.5 Å². The van der Waals surface area contributed by atoms with Crippen LogP contribution in [0.3, 0.4) is 0 Å². The first-order chi connectivity index (χ1) is 22.4. The van der Waals surface area contributed by atoms with Gasteiger partial charge in [-0.25, -0.2) is 4.79 Å². The molecular weight excluding hydrogens is 654 g/mol. The van der Waals surface area contributed by atoms with E-state index in [2.05, 4.69) is 18.7 Å². The number of carbonyl (C=O) groups excluding carboxylic acids is 4. The van der Waals surface area contributed by atoms with Gasteiger partial charge in [-0.2, -0.15) is 0 Å². The third-order valence-electron chi connectivity index (χ3n) is 11.8. The molecule has 2 aliphatic heterocycles. The number of ether oxygens (including phenoxy) is 4. The number of aliphatic hydroxyl groups is 2. The Hall–Kier alpha value is -2.83. The first-order valence-electron chi connectivity index (χ1n) is 17.0. The van der Waals surface area contributed by atoms with Gasteiger partial charge in [-0.15, -0.1) is 19.0 Å². The number of aliphatic hydroxyl groups excluding tert-OH is 1. The molecule has 0 bridgehead atoms. The lowest BCUT2D eigenvalue weighted by atomic mass is 9.39. The monoisotopic (exact) mass is 705 g/mol. The van der Waals surface area contributed by atoms with E-state index in [9.17, 15) is 29.4 Å². The van der Waals surface area contributed by atoms with Crippen LogP contribution in [0, 0.1) is 16.7 Å². The highest BCUT2D eigenvalue weighted by atomic mass is 35.5. The Labute approximate surface area is 295 Å². The van der Waals surface area contributed by atoms with Gasteiger partial charge in [0.05, 0.1) is 18.2 Å². The highest BCUT2D eigenvalue weighted by Gasteiger charge is 2.82. The van der Waals surface area contributed by atoms with E-state index in [0.717, 1.165) is 12.8 Å². The number of nitrogens with zero attached hydrogens (tertiary/aromatic N) is 1. The van der Waals surface area contributed by atoms with Crippen molar-refractivity contribution in [1.29, 1.82) is 0 Å². The molecule has 0 amide bonds. The average Bonchev–Trinajstić information content (AvgIpc) is 3.03. The summed E-state index contributed by atoms with van der Waals surface area (Å²) < 4.78 is 23.8. The molecule has 2 aliphatic carbocycles. The number of carbonyl (C=O) groups is 4. The first kappa shape index (κ1) is 39.0. The van der Waals surface area contributed by atoms with E-state index in [1.807, 2.05) is 36.9 Å².